The van der Waals surface area contributed by atoms with Crippen molar-refractivity contribution < 1.29 is 9.66 Å². The van der Waals surface area contributed by atoms with Crippen molar-refractivity contribution in [3.63, 3.8) is 0 Å². The molecule has 0 spiro atoms. The van der Waals surface area contributed by atoms with Crippen molar-refractivity contribution in [2.75, 3.05) is 11.9 Å². The molecule has 21 heavy (non-hydrogen) atoms. The molecule has 0 aromatic heterocycles. The van der Waals surface area contributed by atoms with Gasteiger partial charge in [-0.05, 0) is 40.5 Å². The van der Waals surface area contributed by atoms with Crippen LogP contribution in [0.4, 0.5) is 11.4 Å². The van der Waals surface area contributed by atoms with Crippen LogP contribution < -0.4 is 10.1 Å². The number of ether oxygens (including phenoxy) is 1. The number of nitrogens with one attached hydrogen (secondary N) is 1. The number of nitrogens with zero attached hydrogens (tertiary/aromatic N) is 1. The van der Waals surface area contributed by atoms with Crippen LogP contribution in [0.2, 0.25) is 0 Å². The minimum atomic E-state index is -0.400. The summed E-state index contributed by atoms with van der Waals surface area (Å²) in [6.45, 7) is 3.03. The molecule has 1 N–H and O–H groups in total. The third kappa shape index (κ3) is 3.95. The number of hydrogen-bond donors (Lipinski definition) is 1. The molecule has 0 saturated heterocycles. The fraction of sp³-hybridized carbons (Fsp3) is 0.200. The largest absolute Gasteiger partial charge is 0.494 e. The Morgan fingerprint density at radius 1 is 1.29 bits per heavy atom. The molecule has 0 aliphatic rings. The summed E-state index contributed by atoms with van der Waals surface area (Å²) < 4.78 is 5.94. The molecule has 0 unspecified atom stereocenters. The molecule has 0 atom stereocenters. The lowest BCUT2D eigenvalue weighted by molar-refractivity contribution is -0.385. The number of benzene rings is 2. The summed E-state index contributed by atoms with van der Waals surface area (Å²) in [6, 6.07) is 12.6. The van der Waals surface area contributed by atoms with Gasteiger partial charge in [0.25, 0.3) is 5.69 Å². The van der Waals surface area contributed by atoms with Crippen LogP contribution in [0.25, 0.3) is 0 Å². The fourth-order valence-corrected chi connectivity index (χ4v) is 2.45. The number of hydrogen-bond acceptors (Lipinski definition) is 4. The Balaban J connectivity index is 2.11. The summed E-state index contributed by atoms with van der Waals surface area (Å²) >= 11 is 3.29. The molecule has 0 aliphatic heterocycles. The molecule has 0 heterocycles. The van der Waals surface area contributed by atoms with Gasteiger partial charge in [-0.2, -0.15) is 0 Å². The van der Waals surface area contributed by atoms with E-state index in [2.05, 4.69) is 21.2 Å². The van der Waals surface area contributed by atoms with E-state index in [4.69, 9.17) is 4.74 Å². The average Bonchev–Trinajstić information content (AvgIpc) is 2.46. The predicted molar refractivity (Wildman–Crippen MR) is 85.7 cm³/mol. The monoisotopic (exact) mass is 350 g/mol. The van der Waals surface area contributed by atoms with Crippen LogP contribution in [0.15, 0.2) is 46.9 Å². The van der Waals surface area contributed by atoms with Gasteiger partial charge in [-0.25, -0.2) is 0 Å². The minimum absolute atomic E-state index is 0.0670. The van der Waals surface area contributed by atoms with E-state index in [1.807, 2.05) is 37.3 Å². The van der Waals surface area contributed by atoms with Gasteiger partial charge in [-0.3, -0.25) is 10.1 Å². The standard InChI is InChI=1S/C15H15BrN2O3/c1-2-21-13-7-4-6-12(9-13)17-10-11-5-3-8-14(15(11)16)18(19)20/h3-9,17H,2,10H2,1H3. The second kappa shape index (κ2) is 7.08. The zero-order valence-corrected chi connectivity index (χ0v) is 13.1. The number of nitro benzene ring substituents is 1. The second-order valence-electron chi connectivity index (χ2n) is 4.32. The summed E-state index contributed by atoms with van der Waals surface area (Å²) in [5.41, 5.74) is 1.79. The summed E-state index contributed by atoms with van der Waals surface area (Å²) in [6.07, 6.45) is 0. The lowest BCUT2D eigenvalue weighted by atomic mass is 10.2. The first-order chi connectivity index (χ1) is 10.1. The van der Waals surface area contributed by atoms with Crippen LogP contribution in [0.5, 0.6) is 5.75 Å². The molecule has 0 saturated carbocycles. The van der Waals surface area contributed by atoms with E-state index in [1.54, 1.807) is 6.07 Å². The maximum Gasteiger partial charge on any atom is 0.283 e. The molecule has 0 amide bonds. The lowest BCUT2D eigenvalue weighted by Gasteiger charge is -2.10. The normalized spacial score (nSPS) is 10.2. The van der Waals surface area contributed by atoms with Gasteiger partial charge < -0.3 is 10.1 Å². The van der Waals surface area contributed by atoms with Gasteiger partial charge >= 0.3 is 0 Å². The van der Waals surface area contributed by atoms with Crippen molar-refractivity contribution in [1.29, 1.82) is 0 Å². The number of halogens is 1. The maximum atomic E-state index is 10.9. The Kier molecular flexibility index (Phi) is 5.16. The van der Waals surface area contributed by atoms with Gasteiger partial charge in [-0.15, -0.1) is 0 Å². The molecule has 110 valence electrons. The van der Waals surface area contributed by atoms with E-state index in [9.17, 15) is 10.1 Å². The summed E-state index contributed by atoms with van der Waals surface area (Å²) in [4.78, 5) is 10.5. The zero-order valence-electron chi connectivity index (χ0n) is 11.5. The third-order valence-electron chi connectivity index (χ3n) is 2.88. The van der Waals surface area contributed by atoms with Crippen molar-refractivity contribution in [2.45, 2.75) is 13.5 Å². The van der Waals surface area contributed by atoms with Crippen LogP contribution in [0.3, 0.4) is 0 Å². The van der Waals surface area contributed by atoms with Gasteiger partial charge in [0.05, 0.1) is 11.5 Å². The molecule has 0 fully saturated rings. The van der Waals surface area contributed by atoms with Crippen molar-refractivity contribution in [1.82, 2.24) is 0 Å². The molecule has 6 heteroatoms. The van der Waals surface area contributed by atoms with Crippen molar-refractivity contribution in [2.24, 2.45) is 0 Å². The second-order valence-corrected chi connectivity index (χ2v) is 5.11. The quantitative estimate of drug-likeness (QED) is 0.620. The van der Waals surface area contributed by atoms with E-state index in [0.29, 0.717) is 17.6 Å². The molecule has 2 rings (SSSR count). The third-order valence-corrected chi connectivity index (χ3v) is 3.80. The zero-order chi connectivity index (χ0) is 15.2. The first-order valence-electron chi connectivity index (χ1n) is 6.50. The van der Waals surface area contributed by atoms with E-state index in [0.717, 1.165) is 17.0 Å². The Morgan fingerprint density at radius 2 is 2.05 bits per heavy atom. The molecular formula is C15H15BrN2O3. The van der Waals surface area contributed by atoms with E-state index < -0.39 is 4.92 Å². The Bertz CT molecular complexity index is 647. The number of anilines is 1. The number of nitro groups is 1. The Labute approximate surface area is 131 Å². The van der Waals surface area contributed by atoms with Gasteiger partial charge in [0.2, 0.25) is 0 Å². The van der Waals surface area contributed by atoms with Crippen LogP contribution in [-0.4, -0.2) is 11.5 Å². The van der Waals surface area contributed by atoms with Crippen LogP contribution >= 0.6 is 15.9 Å². The molecule has 5 nitrogen and oxygen atoms in total. The molecular weight excluding hydrogens is 336 g/mol. The smallest absolute Gasteiger partial charge is 0.283 e. The van der Waals surface area contributed by atoms with Gasteiger partial charge in [0.15, 0.2) is 0 Å². The van der Waals surface area contributed by atoms with Gasteiger partial charge in [-0.1, -0.05) is 18.2 Å². The Hall–Kier alpha value is -2.08. The SMILES string of the molecule is CCOc1cccc(NCc2cccc([N+](=O)[O-])c2Br)c1. The first kappa shape index (κ1) is 15.3. The highest BCUT2D eigenvalue weighted by atomic mass is 79.9. The van der Waals surface area contributed by atoms with E-state index in [1.165, 1.54) is 6.07 Å². The van der Waals surface area contributed by atoms with Gasteiger partial charge in [0.1, 0.15) is 10.2 Å². The average molecular weight is 351 g/mol. The van der Waals surface area contributed by atoms with Gasteiger partial charge in [0, 0.05) is 24.4 Å². The molecule has 0 bridgehead atoms. The molecule has 0 aliphatic carbocycles. The highest BCUT2D eigenvalue weighted by molar-refractivity contribution is 9.10. The molecule has 2 aromatic carbocycles. The summed E-state index contributed by atoms with van der Waals surface area (Å²) in [5.74, 6) is 0.792. The minimum Gasteiger partial charge on any atom is -0.494 e. The summed E-state index contributed by atoms with van der Waals surface area (Å²) in [5, 5.41) is 14.1. The van der Waals surface area contributed by atoms with E-state index in [-0.39, 0.29) is 5.69 Å². The highest BCUT2D eigenvalue weighted by Gasteiger charge is 2.14. The topological polar surface area (TPSA) is 64.4 Å². The lowest BCUT2D eigenvalue weighted by Crippen LogP contribution is -2.02. The number of rotatable bonds is 6. The predicted octanol–water partition coefficient (Wildman–Crippen LogP) is 4.37. The maximum absolute atomic E-state index is 10.9. The first-order valence-corrected chi connectivity index (χ1v) is 7.29. The molecule has 0 radical (unpaired) electrons. The van der Waals surface area contributed by atoms with Crippen molar-refractivity contribution >= 4 is 27.3 Å². The van der Waals surface area contributed by atoms with Crippen molar-refractivity contribution in [3.05, 3.63) is 62.6 Å². The fourth-order valence-electron chi connectivity index (χ4n) is 1.90. The van der Waals surface area contributed by atoms with E-state index >= 15 is 0 Å². The van der Waals surface area contributed by atoms with Crippen LogP contribution in [0.1, 0.15) is 12.5 Å². The summed E-state index contributed by atoms with van der Waals surface area (Å²) in [7, 11) is 0. The molecule has 2 aromatic rings. The van der Waals surface area contributed by atoms with Crippen LogP contribution in [0, 0.1) is 10.1 Å². The highest BCUT2D eigenvalue weighted by Crippen LogP contribution is 2.29. The Morgan fingerprint density at radius 3 is 2.76 bits per heavy atom. The van der Waals surface area contributed by atoms with Crippen molar-refractivity contribution in [3.8, 4) is 5.75 Å². The van der Waals surface area contributed by atoms with Crippen LogP contribution in [-0.2, 0) is 6.54 Å².